The number of thiazole rings is 1. The van der Waals surface area contributed by atoms with Crippen molar-refractivity contribution in [2.24, 2.45) is 5.10 Å². The van der Waals surface area contributed by atoms with Crippen LogP contribution in [-0.2, 0) is 11.2 Å². The number of non-ortho nitro benzene ring substituents is 1. The van der Waals surface area contributed by atoms with Crippen LogP contribution in [-0.4, -0.2) is 25.9 Å². The number of aromatic nitrogens is 2. The summed E-state index contributed by atoms with van der Waals surface area (Å²) in [7, 11) is 0. The molecule has 8 nitrogen and oxygen atoms in total. The lowest BCUT2D eigenvalue weighted by atomic mass is 10.1. The molecule has 0 saturated carbocycles. The van der Waals surface area contributed by atoms with Gasteiger partial charge in [-0.05, 0) is 6.92 Å². The second kappa shape index (κ2) is 6.59. The molecule has 3 rings (SSSR count). The molecule has 122 valence electrons. The van der Waals surface area contributed by atoms with Crippen LogP contribution in [0.5, 0.6) is 0 Å². The van der Waals surface area contributed by atoms with Crippen LogP contribution in [0, 0.1) is 10.1 Å². The van der Waals surface area contributed by atoms with Gasteiger partial charge in [0.2, 0.25) is 5.91 Å². The van der Waals surface area contributed by atoms with Gasteiger partial charge in [0.15, 0.2) is 4.96 Å². The van der Waals surface area contributed by atoms with Crippen molar-refractivity contribution < 1.29 is 9.72 Å². The van der Waals surface area contributed by atoms with E-state index in [2.05, 4.69) is 15.5 Å². The first-order valence-corrected chi connectivity index (χ1v) is 7.90. The number of amides is 1. The Morgan fingerprint density at radius 1 is 1.50 bits per heavy atom. The van der Waals surface area contributed by atoms with Crippen molar-refractivity contribution in [1.82, 2.24) is 14.8 Å². The summed E-state index contributed by atoms with van der Waals surface area (Å²) in [6.45, 7) is 1.67. The second-order valence-corrected chi connectivity index (χ2v) is 5.91. The monoisotopic (exact) mass is 343 g/mol. The molecule has 1 N–H and O–H groups in total. The largest absolute Gasteiger partial charge is 0.297 e. The molecule has 2 aromatic heterocycles. The Morgan fingerprint density at radius 3 is 3.08 bits per heavy atom. The van der Waals surface area contributed by atoms with Gasteiger partial charge in [0, 0.05) is 35.5 Å². The molecule has 0 radical (unpaired) electrons. The average molecular weight is 343 g/mol. The summed E-state index contributed by atoms with van der Waals surface area (Å²) in [5.41, 5.74) is 4.14. The molecule has 0 aliphatic carbocycles. The minimum Gasteiger partial charge on any atom is -0.297 e. The zero-order chi connectivity index (χ0) is 17.1. The molecule has 0 unspecified atom stereocenters. The third kappa shape index (κ3) is 3.46. The number of nitro groups is 1. The molecule has 24 heavy (non-hydrogen) atoms. The van der Waals surface area contributed by atoms with Crippen molar-refractivity contribution in [2.45, 2.75) is 13.3 Å². The number of hydrazone groups is 1. The Kier molecular flexibility index (Phi) is 4.34. The van der Waals surface area contributed by atoms with Crippen molar-refractivity contribution in [2.75, 3.05) is 0 Å². The number of nitrogens with zero attached hydrogens (tertiary/aromatic N) is 4. The van der Waals surface area contributed by atoms with E-state index in [1.807, 2.05) is 16.0 Å². The SMILES string of the molecule is CC(=NNC(=O)Cc1cn2ccsc2n1)c1cccc([N+](=O)[O-])c1. The highest BCUT2D eigenvalue weighted by atomic mass is 32.1. The molecule has 1 aromatic carbocycles. The first-order chi connectivity index (χ1) is 11.5. The second-order valence-electron chi connectivity index (χ2n) is 5.04. The van der Waals surface area contributed by atoms with Crippen LogP contribution < -0.4 is 5.43 Å². The summed E-state index contributed by atoms with van der Waals surface area (Å²) in [4.78, 5) is 27.4. The van der Waals surface area contributed by atoms with E-state index in [1.54, 1.807) is 25.3 Å². The smallest absolute Gasteiger partial charge is 0.270 e. The van der Waals surface area contributed by atoms with Crippen LogP contribution in [0.25, 0.3) is 4.96 Å². The van der Waals surface area contributed by atoms with Crippen molar-refractivity contribution in [1.29, 1.82) is 0 Å². The number of carbonyl (C=O) groups excluding carboxylic acids is 1. The summed E-state index contributed by atoms with van der Waals surface area (Å²) in [5.74, 6) is -0.300. The highest BCUT2D eigenvalue weighted by molar-refractivity contribution is 7.15. The number of imidazole rings is 1. The number of hydrogen-bond donors (Lipinski definition) is 1. The summed E-state index contributed by atoms with van der Waals surface area (Å²) in [6, 6.07) is 6.09. The molecule has 0 saturated heterocycles. The van der Waals surface area contributed by atoms with Gasteiger partial charge in [-0.3, -0.25) is 19.3 Å². The van der Waals surface area contributed by atoms with Crippen LogP contribution in [0.4, 0.5) is 5.69 Å². The van der Waals surface area contributed by atoms with Gasteiger partial charge in [0.1, 0.15) is 0 Å². The van der Waals surface area contributed by atoms with Crippen LogP contribution in [0.15, 0.2) is 47.1 Å². The lowest BCUT2D eigenvalue weighted by Crippen LogP contribution is -2.21. The Hall–Kier alpha value is -3.07. The van der Waals surface area contributed by atoms with Crippen LogP contribution in [0.1, 0.15) is 18.2 Å². The van der Waals surface area contributed by atoms with E-state index < -0.39 is 4.92 Å². The maximum atomic E-state index is 11.9. The topological polar surface area (TPSA) is 102 Å². The van der Waals surface area contributed by atoms with Gasteiger partial charge in [0.05, 0.1) is 22.7 Å². The van der Waals surface area contributed by atoms with E-state index in [4.69, 9.17) is 0 Å². The number of nitrogens with one attached hydrogen (secondary N) is 1. The number of fused-ring (bicyclic) bond motifs is 1. The number of benzene rings is 1. The number of nitro benzene ring substituents is 1. The first-order valence-electron chi connectivity index (χ1n) is 7.02. The third-order valence-corrected chi connectivity index (χ3v) is 4.08. The van der Waals surface area contributed by atoms with Crippen LogP contribution >= 0.6 is 11.3 Å². The van der Waals surface area contributed by atoms with Gasteiger partial charge in [-0.15, -0.1) is 11.3 Å². The number of carbonyl (C=O) groups is 1. The Labute approximate surface area is 140 Å². The molecule has 0 spiro atoms. The van der Waals surface area contributed by atoms with Crippen molar-refractivity contribution in [3.8, 4) is 0 Å². The minimum atomic E-state index is -0.472. The maximum Gasteiger partial charge on any atom is 0.270 e. The lowest BCUT2D eigenvalue weighted by molar-refractivity contribution is -0.384. The fourth-order valence-electron chi connectivity index (χ4n) is 2.12. The molecule has 0 aliphatic heterocycles. The van der Waals surface area contributed by atoms with Gasteiger partial charge < -0.3 is 0 Å². The Morgan fingerprint density at radius 2 is 2.33 bits per heavy atom. The van der Waals surface area contributed by atoms with E-state index in [0.29, 0.717) is 17.0 Å². The third-order valence-electron chi connectivity index (χ3n) is 3.31. The molecule has 0 fully saturated rings. The average Bonchev–Trinajstić information content (AvgIpc) is 3.14. The quantitative estimate of drug-likeness (QED) is 0.436. The van der Waals surface area contributed by atoms with Gasteiger partial charge in [0.25, 0.3) is 5.69 Å². The standard InChI is InChI=1S/C15H13N5O3S/c1-10(11-3-2-4-13(7-11)20(22)23)17-18-14(21)8-12-9-19-5-6-24-15(19)16-12/h2-7,9H,8H2,1H3,(H,18,21). The molecule has 1 amide bonds. The lowest BCUT2D eigenvalue weighted by Gasteiger charge is -2.02. The van der Waals surface area contributed by atoms with E-state index in [0.717, 1.165) is 4.96 Å². The maximum absolute atomic E-state index is 11.9. The summed E-state index contributed by atoms with van der Waals surface area (Å²) in [6.07, 6.45) is 3.78. The van der Waals surface area contributed by atoms with Crippen LogP contribution in [0.2, 0.25) is 0 Å². The fourth-order valence-corrected chi connectivity index (χ4v) is 2.84. The Balaban J connectivity index is 1.65. The molecule has 0 atom stereocenters. The molecule has 0 bridgehead atoms. The van der Waals surface area contributed by atoms with E-state index in [1.165, 1.54) is 23.5 Å². The zero-order valence-electron chi connectivity index (χ0n) is 12.7. The number of hydrogen-bond acceptors (Lipinski definition) is 6. The highest BCUT2D eigenvalue weighted by Crippen LogP contribution is 2.14. The van der Waals surface area contributed by atoms with Gasteiger partial charge >= 0.3 is 0 Å². The minimum absolute atomic E-state index is 0.0218. The van der Waals surface area contributed by atoms with Crippen molar-refractivity contribution >= 4 is 33.6 Å². The zero-order valence-corrected chi connectivity index (χ0v) is 13.5. The summed E-state index contributed by atoms with van der Waals surface area (Å²) >= 11 is 1.49. The van der Waals surface area contributed by atoms with Gasteiger partial charge in [-0.2, -0.15) is 5.10 Å². The van der Waals surface area contributed by atoms with Crippen molar-refractivity contribution in [3.63, 3.8) is 0 Å². The Bertz CT molecular complexity index is 915. The predicted molar refractivity (Wildman–Crippen MR) is 90.2 cm³/mol. The summed E-state index contributed by atoms with van der Waals surface area (Å²) < 4.78 is 1.85. The molecule has 0 aliphatic rings. The van der Waals surface area contributed by atoms with E-state index in [-0.39, 0.29) is 18.0 Å². The van der Waals surface area contributed by atoms with Crippen molar-refractivity contribution in [3.05, 3.63) is 63.4 Å². The number of rotatable bonds is 5. The van der Waals surface area contributed by atoms with Gasteiger partial charge in [-0.25, -0.2) is 10.4 Å². The van der Waals surface area contributed by atoms with E-state index >= 15 is 0 Å². The molecule has 9 heteroatoms. The van der Waals surface area contributed by atoms with Gasteiger partial charge in [-0.1, -0.05) is 12.1 Å². The fraction of sp³-hybridized carbons (Fsp3) is 0.133. The molecule has 2 heterocycles. The first kappa shape index (κ1) is 15.8. The normalized spacial score (nSPS) is 11.6. The molecular formula is C15H13N5O3S. The van der Waals surface area contributed by atoms with E-state index in [9.17, 15) is 14.9 Å². The highest BCUT2D eigenvalue weighted by Gasteiger charge is 2.10. The molecule has 3 aromatic rings. The van der Waals surface area contributed by atoms with Crippen LogP contribution in [0.3, 0.4) is 0 Å². The summed E-state index contributed by atoms with van der Waals surface area (Å²) in [5, 5.41) is 16.7. The predicted octanol–water partition coefficient (Wildman–Crippen LogP) is 2.39. The molecular weight excluding hydrogens is 330 g/mol.